The molecule has 3 rings (SSSR count). The van der Waals surface area contributed by atoms with Gasteiger partial charge in [0.05, 0.1) is 16.3 Å². The maximum Gasteiger partial charge on any atom is 0.417 e. The average Bonchev–Trinajstić information content (AvgIpc) is 2.66. The maximum atomic E-state index is 12.8. The van der Waals surface area contributed by atoms with E-state index in [0.29, 0.717) is 23.6 Å². The summed E-state index contributed by atoms with van der Waals surface area (Å²) >= 11 is 5.78. The van der Waals surface area contributed by atoms with Crippen molar-refractivity contribution in [3.63, 3.8) is 0 Å². The molecule has 3 N–H and O–H groups in total. The third-order valence-electron chi connectivity index (χ3n) is 3.97. The smallest absolute Gasteiger partial charge is 0.368 e. The van der Waals surface area contributed by atoms with Gasteiger partial charge >= 0.3 is 6.18 Å². The van der Waals surface area contributed by atoms with E-state index in [0.717, 1.165) is 11.6 Å². The predicted molar refractivity (Wildman–Crippen MR) is 99.3 cm³/mol. The van der Waals surface area contributed by atoms with Gasteiger partial charge in [-0.05, 0) is 17.7 Å². The van der Waals surface area contributed by atoms with Crippen molar-refractivity contribution in [2.24, 2.45) is 5.73 Å². The van der Waals surface area contributed by atoms with Crippen LogP contribution in [0.4, 0.5) is 19.0 Å². The Morgan fingerprint density at radius 3 is 2.44 bits per heavy atom. The molecule has 0 radical (unpaired) electrons. The molecule has 0 fully saturated rings. The van der Waals surface area contributed by atoms with Crippen LogP contribution in [0.15, 0.2) is 60.9 Å². The van der Waals surface area contributed by atoms with Gasteiger partial charge in [-0.25, -0.2) is 9.97 Å². The van der Waals surface area contributed by atoms with Gasteiger partial charge in [0.25, 0.3) is 0 Å². The molecule has 0 amide bonds. The van der Waals surface area contributed by atoms with Crippen molar-refractivity contribution in [3.8, 4) is 11.3 Å². The molecule has 1 atom stereocenters. The SMILES string of the molecule is N[C@H](CNc1cc(-c2ccc(C(F)(F)F)c(Cl)c2)ncn1)c1ccccc1. The zero-order chi connectivity index (χ0) is 19.4. The van der Waals surface area contributed by atoms with Crippen LogP contribution in [0.1, 0.15) is 17.2 Å². The van der Waals surface area contributed by atoms with Crippen LogP contribution in [0, 0.1) is 0 Å². The number of rotatable bonds is 5. The fourth-order valence-corrected chi connectivity index (χ4v) is 2.84. The van der Waals surface area contributed by atoms with Crippen LogP contribution in [0.2, 0.25) is 5.02 Å². The Labute approximate surface area is 159 Å². The number of hydrogen-bond donors (Lipinski definition) is 2. The standard InChI is InChI=1S/C19H16ClF3N4/c20-15-8-13(6-7-14(15)19(21,22)23)17-9-18(27-11-26-17)25-10-16(24)12-4-2-1-3-5-12/h1-9,11,16H,10,24H2,(H,25,26,27)/t16-/m1/s1. The summed E-state index contributed by atoms with van der Waals surface area (Å²) in [6, 6.07) is 14.5. The number of alkyl halides is 3. The van der Waals surface area contributed by atoms with Crippen molar-refractivity contribution >= 4 is 17.4 Å². The van der Waals surface area contributed by atoms with Crippen LogP contribution in [0.3, 0.4) is 0 Å². The van der Waals surface area contributed by atoms with Gasteiger partial charge in [-0.3, -0.25) is 0 Å². The first-order valence-corrected chi connectivity index (χ1v) is 8.46. The second-order valence-corrected chi connectivity index (χ2v) is 6.29. The molecule has 0 saturated carbocycles. The Balaban J connectivity index is 1.75. The molecule has 0 aliphatic rings. The minimum Gasteiger partial charge on any atom is -0.368 e. The van der Waals surface area contributed by atoms with Crippen molar-refractivity contribution in [2.45, 2.75) is 12.2 Å². The summed E-state index contributed by atoms with van der Waals surface area (Å²) in [5.74, 6) is 0.516. The zero-order valence-corrected chi connectivity index (χ0v) is 14.8. The topological polar surface area (TPSA) is 63.8 Å². The highest BCUT2D eigenvalue weighted by atomic mass is 35.5. The van der Waals surface area contributed by atoms with E-state index in [9.17, 15) is 13.2 Å². The van der Waals surface area contributed by atoms with Crippen molar-refractivity contribution in [1.82, 2.24) is 9.97 Å². The van der Waals surface area contributed by atoms with Gasteiger partial charge in [0.2, 0.25) is 0 Å². The number of halogens is 4. The van der Waals surface area contributed by atoms with Gasteiger partial charge in [0, 0.05) is 24.2 Å². The molecule has 2 aromatic carbocycles. The number of benzene rings is 2. The molecule has 0 bridgehead atoms. The molecule has 1 aromatic heterocycles. The minimum absolute atomic E-state index is 0.231. The number of nitrogens with one attached hydrogen (secondary N) is 1. The molecule has 0 spiro atoms. The zero-order valence-electron chi connectivity index (χ0n) is 14.0. The van der Waals surface area contributed by atoms with Crippen molar-refractivity contribution < 1.29 is 13.2 Å². The van der Waals surface area contributed by atoms with Gasteiger partial charge in [0.15, 0.2) is 0 Å². The monoisotopic (exact) mass is 392 g/mol. The molecule has 0 unspecified atom stereocenters. The molecule has 3 aromatic rings. The Hall–Kier alpha value is -2.64. The van der Waals surface area contributed by atoms with Crippen molar-refractivity contribution in [2.75, 3.05) is 11.9 Å². The number of hydrogen-bond acceptors (Lipinski definition) is 4. The lowest BCUT2D eigenvalue weighted by molar-refractivity contribution is -0.137. The van der Waals surface area contributed by atoms with E-state index in [-0.39, 0.29) is 11.1 Å². The van der Waals surface area contributed by atoms with Crippen LogP contribution in [-0.4, -0.2) is 16.5 Å². The van der Waals surface area contributed by atoms with E-state index in [1.54, 1.807) is 6.07 Å². The molecule has 0 aliphatic carbocycles. The lowest BCUT2D eigenvalue weighted by atomic mass is 10.1. The Bertz CT molecular complexity index is 916. The first-order valence-electron chi connectivity index (χ1n) is 8.08. The minimum atomic E-state index is -4.50. The lowest BCUT2D eigenvalue weighted by Crippen LogP contribution is -2.20. The van der Waals surface area contributed by atoms with Crippen LogP contribution < -0.4 is 11.1 Å². The van der Waals surface area contributed by atoms with Gasteiger partial charge in [-0.1, -0.05) is 48.0 Å². The summed E-state index contributed by atoms with van der Waals surface area (Å²) in [5, 5.41) is 2.74. The number of anilines is 1. The fraction of sp³-hybridized carbons (Fsp3) is 0.158. The number of nitrogens with zero attached hydrogens (tertiary/aromatic N) is 2. The Kier molecular flexibility index (Phi) is 5.62. The molecular weight excluding hydrogens is 377 g/mol. The first kappa shape index (κ1) is 19.1. The van der Waals surface area contributed by atoms with Crippen LogP contribution in [0.25, 0.3) is 11.3 Å². The predicted octanol–water partition coefficient (Wildman–Crippen LogP) is 4.93. The third-order valence-corrected chi connectivity index (χ3v) is 4.28. The van der Waals surface area contributed by atoms with Crippen LogP contribution in [-0.2, 0) is 6.18 Å². The van der Waals surface area contributed by atoms with E-state index in [2.05, 4.69) is 15.3 Å². The second kappa shape index (κ2) is 7.94. The van der Waals surface area contributed by atoms with E-state index >= 15 is 0 Å². The fourth-order valence-electron chi connectivity index (χ4n) is 2.55. The molecule has 27 heavy (non-hydrogen) atoms. The second-order valence-electron chi connectivity index (χ2n) is 5.88. The highest BCUT2D eigenvalue weighted by molar-refractivity contribution is 6.31. The van der Waals surface area contributed by atoms with Crippen molar-refractivity contribution in [3.05, 3.63) is 77.1 Å². The van der Waals surface area contributed by atoms with Gasteiger partial charge in [-0.15, -0.1) is 0 Å². The average molecular weight is 393 g/mol. The molecule has 0 saturated heterocycles. The number of nitrogens with two attached hydrogens (primary N) is 1. The normalized spacial score (nSPS) is 12.6. The van der Waals surface area contributed by atoms with E-state index in [1.807, 2.05) is 30.3 Å². The van der Waals surface area contributed by atoms with Crippen LogP contribution in [0.5, 0.6) is 0 Å². The molecule has 4 nitrogen and oxygen atoms in total. The summed E-state index contributed by atoms with van der Waals surface area (Å²) in [5.41, 5.74) is 7.16. The summed E-state index contributed by atoms with van der Waals surface area (Å²) in [6.07, 6.45) is -3.17. The molecule has 140 valence electrons. The molecule has 8 heteroatoms. The molecule has 0 aliphatic heterocycles. The van der Waals surface area contributed by atoms with Gasteiger partial charge in [0.1, 0.15) is 12.1 Å². The van der Waals surface area contributed by atoms with Crippen molar-refractivity contribution in [1.29, 1.82) is 0 Å². The van der Waals surface area contributed by atoms with E-state index < -0.39 is 11.7 Å². The van der Waals surface area contributed by atoms with E-state index in [1.165, 1.54) is 18.5 Å². The quantitative estimate of drug-likeness (QED) is 0.646. The first-order chi connectivity index (χ1) is 12.8. The van der Waals surface area contributed by atoms with Gasteiger partial charge in [-0.2, -0.15) is 13.2 Å². The highest BCUT2D eigenvalue weighted by Crippen LogP contribution is 2.36. The maximum absolute atomic E-state index is 12.8. The highest BCUT2D eigenvalue weighted by Gasteiger charge is 2.33. The number of aromatic nitrogens is 2. The van der Waals surface area contributed by atoms with E-state index in [4.69, 9.17) is 17.3 Å². The van der Waals surface area contributed by atoms with Crippen LogP contribution >= 0.6 is 11.6 Å². The lowest BCUT2D eigenvalue weighted by Gasteiger charge is -2.14. The molecule has 1 heterocycles. The summed E-state index contributed by atoms with van der Waals surface area (Å²) in [4.78, 5) is 8.22. The molecular formula is C19H16ClF3N4. The summed E-state index contributed by atoms with van der Waals surface area (Å²) < 4.78 is 38.5. The largest absolute Gasteiger partial charge is 0.417 e. The third kappa shape index (κ3) is 4.75. The van der Waals surface area contributed by atoms with Gasteiger partial charge < -0.3 is 11.1 Å². The Morgan fingerprint density at radius 2 is 1.78 bits per heavy atom. The summed E-state index contributed by atoms with van der Waals surface area (Å²) in [7, 11) is 0. The Morgan fingerprint density at radius 1 is 1.04 bits per heavy atom. The summed E-state index contributed by atoms with van der Waals surface area (Å²) in [6.45, 7) is 0.439.